The van der Waals surface area contributed by atoms with Crippen LogP contribution in [0.4, 0.5) is 0 Å². The fraction of sp³-hybridized carbons (Fsp3) is 0.900. The molecule has 1 atom stereocenters. The molecule has 0 amide bonds. The highest BCUT2D eigenvalue weighted by atomic mass is 16.5. The lowest BCUT2D eigenvalue weighted by atomic mass is 9.84. The van der Waals surface area contributed by atoms with Crippen LogP contribution in [-0.2, 0) is 9.53 Å². The number of hydrogen-bond acceptors (Lipinski definition) is 2. The van der Waals surface area contributed by atoms with Gasteiger partial charge in [0.15, 0.2) is 0 Å². The minimum absolute atomic E-state index is 0.376. The molecule has 0 aliphatic carbocycles. The smallest absolute Gasteiger partial charge is 0.293 e. The maximum atomic E-state index is 9.85. The highest BCUT2D eigenvalue weighted by Crippen LogP contribution is 2.25. The van der Waals surface area contributed by atoms with Crippen LogP contribution in [0.25, 0.3) is 0 Å². The third-order valence-electron chi connectivity index (χ3n) is 1.76. The Balaban J connectivity index is 3.46. The van der Waals surface area contributed by atoms with Crippen LogP contribution in [0.3, 0.4) is 0 Å². The van der Waals surface area contributed by atoms with Crippen molar-refractivity contribution < 1.29 is 9.53 Å². The van der Waals surface area contributed by atoms with Crippen LogP contribution in [-0.4, -0.2) is 13.1 Å². The van der Waals surface area contributed by atoms with Gasteiger partial charge in [0, 0.05) is 0 Å². The Labute approximate surface area is 75.3 Å². The summed E-state index contributed by atoms with van der Waals surface area (Å²) in [6.45, 7) is 9.95. The van der Waals surface area contributed by atoms with Crippen molar-refractivity contribution in [3.05, 3.63) is 0 Å². The normalized spacial score (nSPS) is 14.0. The molecular weight excluding hydrogens is 152 g/mol. The van der Waals surface area contributed by atoms with Crippen molar-refractivity contribution in [1.29, 1.82) is 0 Å². The van der Waals surface area contributed by atoms with E-state index in [1.54, 1.807) is 0 Å². The summed E-state index contributed by atoms with van der Waals surface area (Å²) in [5.41, 5.74) is 0.376. The van der Waals surface area contributed by atoms with Crippen molar-refractivity contribution in [2.75, 3.05) is 6.61 Å². The van der Waals surface area contributed by atoms with Gasteiger partial charge in [0.25, 0.3) is 6.47 Å². The van der Waals surface area contributed by atoms with Gasteiger partial charge in [0.1, 0.15) is 0 Å². The third kappa shape index (κ3) is 7.58. The van der Waals surface area contributed by atoms with Crippen molar-refractivity contribution >= 4 is 6.47 Å². The first kappa shape index (κ1) is 11.5. The molecule has 12 heavy (non-hydrogen) atoms. The maximum absolute atomic E-state index is 9.85. The summed E-state index contributed by atoms with van der Waals surface area (Å²) in [6.07, 6.45) is 2.14. The van der Waals surface area contributed by atoms with E-state index < -0.39 is 0 Å². The van der Waals surface area contributed by atoms with Gasteiger partial charge >= 0.3 is 0 Å². The Bertz CT molecular complexity index is 124. The predicted octanol–water partition coefficient (Wildman–Crippen LogP) is 2.62. The van der Waals surface area contributed by atoms with Crippen LogP contribution >= 0.6 is 0 Å². The van der Waals surface area contributed by atoms with E-state index in [1.807, 2.05) is 0 Å². The van der Waals surface area contributed by atoms with Crippen LogP contribution in [0.2, 0.25) is 0 Å². The number of carbonyl (C=O) groups excluding carboxylic acids is 1. The topological polar surface area (TPSA) is 26.3 Å². The van der Waals surface area contributed by atoms with Crippen molar-refractivity contribution in [3.8, 4) is 0 Å². The average Bonchev–Trinajstić information content (AvgIpc) is 1.84. The summed E-state index contributed by atoms with van der Waals surface area (Å²) in [5, 5.41) is 0. The zero-order chi connectivity index (χ0) is 9.61. The minimum Gasteiger partial charge on any atom is -0.468 e. The highest BCUT2D eigenvalue weighted by molar-refractivity contribution is 5.36. The number of ether oxygens (including phenoxy) is 1. The van der Waals surface area contributed by atoms with Gasteiger partial charge in [-0.25, -0.2) is 0 Å². The van der Waals surface area contributed by atoms with E-state index >= 15 is 0 Å². The van der Waals surface area contributed by atoms with E-state index in [1.165, 1.54) is 6.42 Å². The summed E-state index contributed by atoms with van der Waals surface area (Å²) in [4.78, 5) is 9.85. The van der Waals surface area contributed by atoms with Crippen LogP contribution in [0.1, 0.15) is 40.5 Å². The van der Waals surface area contributed by atoms with Gasteiger partial charge in [0.05, 0.1) is 6.61 Å². The van der Waals surface area contributed by atoms with Gasteiger partial charge in [-0.05, 0) is 24.2 Å². The molecule has 0 radical (unpaired) electrons. The van der Waals surface area contributed by atoms with E-state index in [4.69, 9.17) is 0 Å². The number of hydrogen-bond donors (Lipinski definition) is 0. The second kappa shape index (κ2) is 5.18. The molecule has 0 saturated carbocycles. The second-order valence-corrected chi connectivity index (χ2v) is 4.63. The predicted molar refractivity (Wildman–Crippen MR) is 49.9 cm³/mol. The molecule has 0 aliphatic rings. The van der Waals surface area contributed by atoms with Crippen LogP contribution in [0.5, 0.6) is 0 Å². The van der Waals surface area contributed by atoms with Crippen LogP contribution in [0.15, 0.2) is 0 Å². The van der Waals surface area contributed by atoms with Gasteiger partial charge in [0.2, 0.25) is 0 Å². The van der Waals surface area contributed by atoms with Crippen LogP contribution < -0.4 is 0 Å². The standard InChI is InChI=1S/C10H20O2/c1-9(5-6-12-8-11)7-10(2,3)4/h8-9H,5-7H2,1-4H3. The van der Waals surface area contributed by atoms with Gasteiger partial charge in [-0.15, -0.1) is 0 Å². The molecule has 0 fully saturated rings. The molecule has 0 saturated heterocycles. The number of carbonyl (C=O) groups is 1. The summed E-state index contributed by atoms with van der Waals surface area (Å²) in [5.74, 6) is 0.630. The Morgan fingerprint density at radius 3 is 2.42 bits per heavy atom. The highest BCUT2D eigenvalue weighted by Gasteiger charge is 2.14. The zero-order valence-corrected chi connectivity index (χ0v) is 8.59. The maximum Gasteiger partial charge on any atom is 0.293 e. The average molecular weight is 172 g/mol. The van der Waals surface area contributed by atoms with E-state index in [2.05, 4.69) is 32.4 Å². The largest absolute Gasteiger partial charge is 0.468 e. The molecule has 0 N–H and O–H groups in total. The molecule has 1 unspecified atom stereocenters. The molecule has 0 aromatic heterocycles. The zero-order valence-electron chi connectivity index (χ0n) is 8.59. The molecule has 2 nitrogen and oxygen atoms in total. The van der Waals surface area contributed by atoms with Crippen LogP contribution in [0, 0.1) is 11.3 Å². The summed E-state index contributed by atoms with van der Waals surface area (Å²) < 4.78 is 4.64. The molecule has 2 heteroatoms. The molecule has 72 valence electrons. The fourth-order valence-corrected chi connectivity index (χ4v) is 1.46. The summed E-state index contributed by atoms with van der Waals surface area (Å²) >= 11 is 0. The lowest BCUT2D eigenvalue weighted by Gasteiger charge is -2.22. The monoisotopic (exact) mass is 172 g/mol. The first-order valence-electron chi connectivity index (χ1n) is 4.51. The minimum atomic E-state index is 0.376. The molecule has 0 spiro atoms. The summed E-state index contributed by atoms with van der Waals surface area (Å²) in [6, 6.07) is 0. The molecule has 0 aromatic carbocycles. The Morgan fingerprint density at radius 1 is 1.42 bits per heavy atom. The Kier molecular flexibility index (Phi) is 4.95. The Hall–Kier alpha value is -0.530. The fourth-order valence-electron chi connectivity index (χ4n) is 1.46. The van der Waals surface area contributed by atoms with Gasteiger partial charge in [-0.2, -0.15) is 0 Å². The molecule has 0 aromatic rings. The SMILES string of the molecule is CC(CCOC=O)CC(C)(C)C. The quantitative estimate of drug-likeness (QED) is 0.470. The lowest BCUT2D eigenvalue weighted by molar-refractivity contribution is -0.129. The van der Waals surface area contributed by atoms with Gasteiger partial charge in [-0.1, -0.05) is 27.7 Å². The van der Waals surface area contributed by atoms with Gasteiger partial charge < -0.3 is 4.74 Å². The first-order valence-corrected chi connectivity index (χ1v) is 4.51. The van der Waals surface area contributed by atoms with Crippen molar-refractivity contribution in [3.63, 3.8) is 0 Å². The van der Waals surface area contributed by atoms with E-state index in [0.717, 1.165) is 6.42 Å². The molecule has 0 heterocycles. The van der Waals surface area contributed by atoms with E-state index in [0.29, 0.717) is 24.4 Å². The molecule has 0 aliphatic heterocycles. The second-order valence-electron chi connectivity index (χ2n) is 4.63. The van der Waals surface area contributed by atoms with Crippen molar-refractivity contribution in [1.82, 2.24) is 0 Å². The lowest BCUT2D eigenvalue weighted by Crippen LogP contribution is -2.12. The first-order chi connectivity index (χ1) is 5.45. The number of rotatable bonds is 5. The molecule has 0 rings (SSSR count). The molecular formula is C10H20O2. The Morgan fingerprint density at radius 2 is 2.00 bits per heavy atom. The van der Waals surface area contributed by atoms with Gasteiger partial charge in [-0.3, -0.25) is 4.79 Å². The van der Waals surface area contributed by atoms with Crippen molar-refractivity contribution in [2.24, 2.45) is 11.3 Å². The van der Waals surface area contributed by atoms with E-state index in [9.17, 15) is 4.79 Å². The van der Waals surface area contributed by atoms with Crippen molar-refractivity contribution in [2.45, 2.75) is 40.5 Å². The summed E-state index contributed by atoms with van der Waals surface area (Å²) in [7, 11) is 0. The van der Waals surface area contributed by atoms with E-state index in [-0.39, 0.29) is 0 Å². The molecule has 0 bridgehead atoms. The third-order valence-corrected chi connectivity index (χ3v) is 1.76.